The van der Waals surface area contributed by atoms with Crippen molar-refractivity contribution < 1.29 is 9.53 Å². The van der Waals surface area contributed by atoms with Crippen LogP contribution in [0, 0.1) is 5.92 Å². The number of hydrogen-bond donors (Lipinski definition) is 0. The number of methoxy groups -OCH3 is 1. The molecule has 0 saturated heterocycles. The highest BCUT2D eigenvalue weighted by Gasteiger charge is 2.61. The highest BCUT2D eigenvalue weighted by molar-refractivity contribution is 5.91. The van der Waals surface area contributed by atoms with E-state index in [4.69, 9.17) is 4.74 Å². The van der Waals surface area contributed by atoms with Crippen LogP contribution >= 0.6 is 0 Å². The van der Waals surface area contributed by atoms with Crippen molar-refractivity contribution in [2.24, 2.45) is 10.9 Å². The average Bonchev–Trinajstić information content (AvgIpc) is 3.21. The zero-order chi connectivity index (χ0) is 14.2. The quantitative estimate of drug-likeness (QED) is 0.631. The van der Waals surface area contributed by atoms with E-state index >= 15 is 0 Å². The summed E-state index contributed by atoms with van der Waals surface area (Å²) < 4.78 is 5.02. The maximum Gasteiger partial charge on any atom is 0.316 e. The summed E-state index contributed by atoms with van der Waals surface area (Å²) in [4.78, 5) is 16.2. The maximum absolute atomic E-state index is 12.2. The lowest BCUT2D eigenvalue weighted by atomic mass is 9.91. The van der Waals surface area contributed by atoms with Gasteiger partial charge in [0.1, 0.15) is 0 Å². The molecule has 1 aliphatic rings. The molecule has 3 nitrogen and oxygen atoms in total. The topological polar surface area (TPSA) is 38.7 Å². The number of esters is 1. The summed E-state index contributed by atoms with van der Waals surface area (Å²) in [5.74, 6) is 0.0371. The van der Waals surface area contributed by atoms with Crippen molar-refractivity contribution in [2.75, 3.05) is 13.7 Å². The van der Waals surface area contributed by atoms with Crippen LogP contribution in [0.5, 0.6) is 0 Å². The summed E-state index contributed by atoms with van der Waals surface area (Å²) in [6, 6.07) is 14.3. The number of hydrogen-bond acceptors (Lipinski definition) is 3. The Labute approximate surface area is 118 Å². The molecule has 0 amide bonds. The number of carbonyl (C=O) groups excluding carboxylic acids is 1. The fraction of sp³-hybridized carbons (Fsp3) is 0.294. The second-order valence-electron chi connectivity index (χ2n) is 5.33. The Morgan fingerprint density at radius 2 is 2.10 bits per heavy atom. The minimum Gasteiger partial charge on any atom is -0.468 e. The molecule has 20 heavy (non-hydrogen) atoms. The molecule has 2 atom stereocenters. The molecule has 1 aliphatic carbocycles. The highest BCUT2D eigenvalue weighted by Crippen LogP contribution is 2.55. The van der Waals surface area contributed by atoms with Gasteiger partial charge in [0.05, 0.1) is 12.5 Å². The van der Waals surface area contributed by atoms with E-state index in [1.54, 1.807) is 0 Å². The van der Waals surface area contributed by atoms with Gasteiger partial charge in [0, 0.05) is 12.5 Å². The van der Waals surface area contributed by atoms with Gasteiger partial charge in [-0.25, -0.2) is 0 Å². The number of aliphatic imine (C=N–C) groups is 1. The normalized spacial score (nSPS) is 24.4. The fourth-order valence-electron chi connectivity index (χ4n) is 3.08. The number of carbonyl (C=O) groups is 1. The van der Waals surface area contributed by atoms with Gasteiger partial charge in [0.15, 0.2) is 0 Å². The summed E-state index contributed by atoms with van der Waals surface area (Å²) in [5, 5.41) is 2.32. The van der Waals surface area contributed by atoms with Gasteiger partial charge in [0.25, 0.3) is 0 Å². The highest BCUT2D eigenvalue weighted by atomic mass is 16.5. The molecule has 1 fully saturated rings. The maximum atomic E-state index is 12.2. The van der Waals surface area contributed by atoms with Gasteiger partial charge in [0.2, 0.25) is 0 Å². The molecular formula is C17H17NO2. The van der Waals surface area contributed by atoms with Gasteiger partial charge in [-0.1, -0.05) is 36.4 Å². The molecule has 1 saturated carbocycles. The third-order valence-corrected chi connectivity index (χ3v) is 4.27. The lowest BCUT2D eigenvalue weighted by molar-refractivity contribution is -0.144. The van der Waals surface area contributed by atoms with E-state index < -0.39 is 5.41 Å². The van der Waals surface area contributed by atoms with Crippen LogP contribution in [0.4, 0.5) is 0 Å². The largest absolute Gasteiger partial charge is 0.468 e. The Morgan fingerprint density at radius 1 is 1.35 bits per heavy atom. The van der Waals surface area contributed by atoms with Crippen LogP contribution in [0.2, 0.25) is 0 Å². The van der Waals surface area contributed by atoms with E-state index in [0.717, 1.165) is 17.4 Å². The number of rotatable bonds is 4. The van der Waals surface area contributed by atoms with Gasteiger partial charge in [-0.3, -0.25) is 4.79 Å². The predicted molar refractivity (Wildman–Crippen MR) is 80.2 cm³/mol. The fourth-order valence-corrected chi connectivity index (χ4v) is 3.08. The smallest absolute Gasteiger partial charge is 0.316 e. The van der Waals surface area contributed by atoms with Gasteiger partial charge >= 0.3 is 5.97 Å². The lowest BCUT2D eigenvalue weighted by Gasteiger charge is -2.16. The molecule has 0 bridgehead atoms. The Kier molecular flexibility index (Phi) is 3.05. The van der Waals surface area contributed by atoms with Gasteiger partial charge in [-0.15, -0.1) is 0 Å². The third-order valence-electron chi connectivity index (χ3n) is 4.27. The lowest BCUT2D eigenvalue weighted by Crippen LogP contribution is -2.25. The molecule has 102 valence electrons. The van der Waals surface area contributed by atoms with Crippen molar-refractivity contribution in [1.82, 2.24) is 0 Å². The Hall–Kier alpha value is -2.16. The van der Waals surface area contributed by atoms with E-state index in [9.17, 15) is 4.79 Å². The summed E-state index contributed by atoms with van der Waals surface area (Å²) in [7, 11) is 1.45. The molecule has 0 aliphatic heterocycles. The average molecular weight is 267 g/mol. The van der Waals surface area contributed by atoms with Crippen LogP contribution in [-0.4, -0.2) is 26.3 Å². The minimum atomic E-state index is -0.528. The molecule has 2 aromatic carbocycles. The summed E-state index contributed by atoms with van der Waals surface area (Å²) in [6.45, 7) is 4.13. The zero-order valence-electron chi connectivity index (χ0n) is 11.5. The van der Waals surface area contributed by atoms with Crippen LogP contribution in [0.15, 0.2) is 47.5 Å². The molecule has 0 N–H and O–H groups in total. The first-order valence-corrected chi connectivity index (χ1v) is 6.72. The van der Waals surface area contributed by atoms with Gasteiger partial charge in [-0.05, 0) is 35.5 Å². The van der Waals surface area contributed by atoms with Crippen molar-refractivity contribution in [1.29, 1.82) is 0 Å². The number of fused-ring (bicyclic) bond motifs is 1. The van der Waals surface area contributed by atoms with E-state index in [1.807, 2.05) is 18.2 Å². The first kappa shape index (κ1) is 12.9. The molecule has 3 heteroatoms. The van der Waals surface area contributed by atoms with Crippen LogP contribution in [-0.2, 0) is 14.9 Å². The molecule has 2 aromatic rings. The van der Waals surface area contributed by atoms with Crippen LogP contribution < -0.4 is 0 Å². The van der Waals surface area contributed by atoms with Crippen molar-refractivity contribution in [3.63, 3.8) is 0 Å². The second-order valence-corrected chi connectivity index (χ2v) is 5.33. The van der Waals surface area contributed by atoms with Gasteiger partial charge in [-0.2, -0.15) is 0 Å². The standard InChI is InChI=1S/C17H17NO2/c1-18-11-15-10-17(15,16(19)20-2)14-8-7-12-5-3-4-6-13(12)9-14/h3-9,15H,1,10-11H2,2H3. The predicted octanol–water partition coefficient (Wildman–Crippen LogP) is 2.97. The van der Waals surface area contributed by atoms with Crippen LogP contribution in [0.1, 0.15) is 12.0 Å². The SMILES string of the molecule is C=NCC1CC1(C(=O)OC)c1ccc2ccccc2c1. The summed E-state index contributed by atoms with van der Waals surface area (Å²) >= 11 is 0. The Morgan fingerprint density at radius 3 is 2.80 bits per heavy atom. The Bertz CT molecular complexity index is 679. The molecular weight excluding hydrogens is 250 g/mol. The summed E-state index contributed by atoms with van der Waals surface area (Å²) in [6.07, 6.45) is 0.789. The Balaban J connectivity index is 2.06. The van der Waals surface area contributed by atoms with Crippen molar-refractivity contribution in [3.05, 3.63) is 48.0 Å². The molecule has 0 spiro atoms. The second kappa shape index (κ2) is 4.75. The molecule has 0 aromatic heterocycles. The van der Waals surface area contributed by atoms with Crippen LogP contribution in [0.3, 0.4) is 0 Å². The summed E-state index contributed by atoms with van der Waals surface area (Å²) in [5.41, 5.74) is 0.497. The van der Waals surface area contributed by atoms with E-state index in [2.05, 4.69) is 36.0 Å². The van der Waals surface area contributed by atoms with Crippen molar-refractivity contribution in [2.45, 2.75) is 11.8 Å². The minimum absolute atomic E-state index is 0.165. The van der Waals surface area contributed by atoms with Crippen LogP contribution in [0.25, 0.3) is 10.8 Å². The van der Waals surface area contributed by atoms with Crippen molar-refractivity contribution >= 4 is 23.5 Å². The monoisotopic (exact) mass is 267 g/mol. The first-order chi connectivity index (χ1) is 9.72. The van der Waals surface area contributed by atoms with Crippen molar-refractivity contribution in [3.8, 4) is 0 Å². The molecule has 0 heterocycles. The number of benzene rings is 2. The van der Waals surface area contributed by atoms with E-state index in [-0.39, 0.29) is 11.9 Å². The van der Waals surface area contributed by atoms with Gasteiger partial charge < -0.3 is 9.73 Å². The zero-order valence-corrected chi connectivity index (χ0v) is 11.5. The van der Waals surface area contributed by atoms with E-state index in [0.29, 0.717) is 6.54 Å². The van der Waals surface area contributed by atoms with E-state index in [1.165, 1.54) is 12.5 Å². The molecule has 2 unspecified atom stereocenters. The third kappa shape index (κ3) is 1.82. The molecule has 3 rings (SSSR count). The number of ether oxygens (including phenoxy) is 1. The first-order valence-electron chi connectivity index (χ1n) is 6.72. The number of nitrogens with zero attached hydrogens (tertiary/aromatic N) is 1. The molecule has 0 radical (unpaired) electrons.